The molecule has 134 valence electrons. The van der Waals surface area contributed by atoms with E-state index in [1.165, 1.54) is 0 Å². The van der Waals surface area contributed by atoms with Crippen molar-refractivity contribution in [2.45, 2.75) is 63.7 Å². The van der Waals surface area contributed by atoms with Gasteiger partial charge in [-0.1, -0.05) is 32.3 Å². The maximum atomic E-state index is 12.8. The molecule has 1 aliphatic rings. The van der Waals surface area contributed by atoms with Crippen LogP contribution >= 0.6 is 0 Å². The summed E-state index contributed by atoms with van der Waals surface area (Å²) < 4.78 is 27.1. The molecule has 1 heterocycles. The predicted octanol–water partition coefficient (Wildman–Crippen LogP) is 3.69. The van der Waals surface area contributed by atoms with Gasteiger partial charge in [-0.15, -0.1) is 0 Å². The lowest BCUT2D eigenvalue weighted by Gasteiger charge is -2.26. The summed E-state index contributed by atoms with van der Waals surface area (Å²) in [6, 6.07) is 4.99. The van der Waals surface area contributed by atoms with Crippen molar-refractivity contribution in [3.8, 4) is 0 Å². The first-order chi connectivity index (χ1) is 11.4. The number of nitrogens with zero attached hydrogens (tertiary/aromatic N) is 1. The Bertz CT molecular complexity index is 665. The van der Waals surface area contributed by atoms with Gasteiger partial charge in [-0.2, -0.15) is 4.31 Å². The van der Waals surface area contributed by atoms with Crippen molar-refractivity contribution in [3.63, 3.8) is 0 Å². The number of hydrogen-bond donors (Lipinski definition) is 1. The molecule has 0 unspecified atom stereocenters. The van der Waals surface area contributed by atoms with Crippen molar-refractivity contribution in [2.24, 2.45) is 0 Å². The highest BCUT2D eigenvalue weighted by Gasteiger charge is 2.26. The van der Waals surface area contributed by atoms with Crippen molar-refractivity contribution < 1.29 is 13.2 Å². The summed E-state index contributed by atoms with van der Waals surface area (Å²) in [5, 5.41) is 2.86. The zero-order valence-corrected chi connectivity index (χ0v) is 15.5. The monoisotopic (exact) mass is 352 g/mol. The summed E-state index contributed by atoms with van der Waals surface area (Å²) in [7, 11) is -3.48. The SMILES string of the molecule is CCCCCC(=O)Nc1cc(S(=O)(=O)N2CCCCC2)ccc1C. The van der Waals surface area contributed by atoms with Crippen LogP contribution in [0.3, 0.4) is 0 Å². The molecule has 0 aromatic heterocycles. The van der Waals surface area contributed by atoms with Crippen LogP contribution in [0.4, 0.5) is 5.69 Å². The van der Waals surface area contributed by atoms with Gasteiger partial charge in [0.25, 0.3) is 0 Å². The first kappa shape index (κ1) is 18.9. The summed E-state index contributed by atoms with van der Waals surface area (Å²) in [6.07, 6.45) is 6.31. The molecular formula is C18H28N2O3S. The van der Waals surface area contributed by atoms with Crippen molar-refractivity contribution in [1.29, 1.82) is 0 Å². The van der Waals surface area contributed by atoms with Gasteiger partial charge < -0.3 is 5.32 Å². The van der Waals surface area contributed by atoms with E-state index in [1.54, 1.807) is 22.5 Å². The molecule has 1 aromatic rings. The zero-order chi connectivity index (χ0) is 17.6. The van der Waals surface area contributed by atoms with E-state index in [0.29, 0.717) is 25.2 Å². The second-order valence-corrected chi connectivity index (χ2v) is 8.38. The highest BCUT2D eigenvalue weighted by molar-refractivity contribution is 7.89. The Balaban J connectivity index is 2.14. The Morgan fingerprint density at radius 3 is 2.54 bits per heavy atom. The fraction of sp³-hybridized carbons (Fsp3) is 0.611. The lowest BCUT2D eigenvalue weighted by Crippen LogP contribution is -2.35. The highest BCUT2D eigenvalue weighted by atomic mass is 32.2. The standard InChI is InChI=1S/C18H28N2O3S/c1-3-4-6-9-18(21)19-17-14-16(11-10-15(17)2)24(22,23)20-12-7-5-8-13-20/h10-11,14H,3-9,12-13H2,1-2H3,(H,19,21). The number of aryl methyl sites for hydroxylation is 1. The maximum Gasteiger partial charge on any atom is 0.243 e. The molecule has 1 saturated heterocycles. The van der Waals surface area contributed by atoms with Crippen LogP contribution in [-0.4, -0.2) is 31.7 Å². The average Bonchev–Trinajstić information content (AvgIpc) is 2.58. The van der Waals surface area contributed by atoms with E-state index in [0.717, 1.165) is 44.1 Å². The Morgan fingerprint density at radius 2 is 1.88 bits per heavy atom. The molecule has 5 nitrogen and oxygen atoms in total. The van der Waals surface area contributed by atoms with Crippen LogP contribution in [-0.2, 0) is 14.8 Å². The minimum Gasteiger partial charge on any atom is -0.326 e. The van der Waals surface area contributed by atoms with Crippen LogP contribution in [0.2, 0.25) is 0 Å². The Labute approximate surface area is 145 Å². The summed E-state index contributed by atoms with van der Waals surface area (Å²) >= 11 is 0. The molecule has 0 radical (unpaired) electrons. The minimum absolute atomic E-state index is 0.0564. The van der Waals surface area contributed by atoms with Crippen molar-refractivity contribution in [3.05, 3.63) is 23.8 Å². The van der Waals surface area contributed by atoms with Crippen LogP contribution in [0, 0.1) is 6.92 Å². The van der Waals surface area contributed by atoms with Gasteiger partial charge in [-0.3, -0.25) is 4.79 Å². The summed E-state index contributed by atoms with van der Waals surface area (Å²) in [5.41, 5.74) is 1.46. The normalized spacial score (nSPS) is 16.1. The molecule has 0 atom stereocenters. The third-order valence-electron chi connectivity index (χ3n) is 4.44. The zero-order valence-electron chi connectivity index (χ0n) is 14.7. The highest BCUT2D eigenvalue weighted by Crippen LogP contribution is 2.25. The molecule has 1 aromatic carbocycles. The van der Waals surface area contributed by atoms with Crippen LogP contribution in [0.25, 0.3) is 0 Å². The first-order valence-electron chi connectivity index (χ1n) is 8.86. The molecule has 0 aliphatic carbocycles. The fourth-order valence-electron chi connectivity index (χ4n) is 2.90. The Kier molecular flexibility index (Phi) is 6.80. The first-order valence-corrected chi connectivity index (χ1v) is 10.3. The quantitative estimate of drug-likeness (QED) is 0.761. The molecule has 1 N–H and O–H groups in total. The van der Waals surface area contributed by atoms with E-state index >= 15 is 0 Å². The van der Waals surface area contributed by atoms with E-state index in [9.17, 15) is 13.2 Å². The number of piperidine rings is 1. The topological polar surface area (TPSA) is 66.5 Å². The number of carbonyl (C=O) groups excluding carboxylic acids is 1. The Morgan fingerprint density at radius 1 is 1.17 bits per heavy atom. The van der Waals surface area contributed by atoms with E-state index in [1.807, 2.05) is 6.92 Å². The number of amides is 1. The molecular weight excluding hydrogens is 324 g/mol. The number of nitrogens with one attached hydrogen (secondary N) is 1. The molecule has 24 heavy (non-hydrogen) atoms. The number of benzene rings is 1. The molecule has 0 spiro atoms. The van der Waals surface area contributed by atoms with Gasteiger partial charge in [-0.05, 0) is 43.9 Å². The molecule has 0 saturated carbocycles. The average molecular weight is 353 g/mol. The number of rotatable bonds is 7. The molecule has 6 heteroatoms. The lowest BCUT2D eigenvalue weighted by molar-refractivity contribution is -0.116. The number of sulfonamides is 1. The largest absolute Gasteiger partial charge is 0.326 e. The van der Waals surface area contributed by atoms with Crippen molar-refractivity contribution >= 4 is 21.6 Å². The maximum absolute atomic E-state index is 12.8. The smallest absolute Gasteiger partial charge is 0.243 e. The Hall–Kier alpha value is -1.40. The molecule has 1 amide bonds. The van der Waals surface area contributed by atoms with Gasteiger partial charge in [0.2, 0.25) is 15.9 Å². The van der Waals surface area contributed by atoms with E-state index in [2.05, 4.69) is 12.2 Å². The van der Waals surface area contributed by atoms with Gasteiger partial charge in [0, 0.05) is 25.2 Å². The predicted molar refractivity (Wildman–Crippen MR) is 96.6 cm³/mol. The van der Waals surface area contributed by atoms with E-state index in [4.69, 9.17) is 0 Å². The molecule has 1 aliphatic heterocycles. The number of hydrogen-bond acceptors (Lipinski definition) is 3. The van der Waals surface area contributed by atoms with Gasteiger partial charge >= 0.3 is 0 Å². The van der Waals surface area contributed by atoms with Crippen LogP contribution in [0.1, 0.15) is 57.4 Å². The summed E-state index contributed by atoms with van der Waals surface area (Å²) in [5.74, 6) is -0.0564. The van der Waals surface area contributed by atoms with Gasteiger partial charge in [-0.25, -0.2) is 8.42 Å². The van der Waals surface area contributed by atoms with Crippen molar-refractivity contribution in [1.82, 2.24) is 4.31 Å². The molecule has 2 rings (SSSR count). The molecule has 1 fully saturated rings. The second-order valence-electron chi connectivity index (χ2n) is 6.45. The van der Waals surface area contributed by atoms with Crippen LogP contribution in [0.15, 0.2) is 23.1 Å². The van der Waals surface area contributed by atoms with Crippen LogP contribution in [0.5, 0.6) is 0 Å². The summed E-state index contributed by atoms with van der Waals surface area (Å²) in [4.78, 5) is 12.3. The summed E-state index contributed by atoms with van der Waals surface area (Å²) in [6.45, 7) is 5.12. The van der Waals surface area contributed by atoms with Gasteiger partial charge in [0.15, 0.2) is 0 Å². The van der Waals surface area contributed by atoms with E-state index in [-0.39, 0.29) is 10.8 Å². The van der Waals surface area contributed by atoms with Gasteiger partial charge in [0.05, 0.1) is 4.90 Å². The fourth-order valence-corrected chi connectivity index (χ4v) is 4.44. The third kappa shape index (κ3) is 4.80. The van der Waals surface area contributed by atoms with E-state index < -0.39 is 10.0 Å². The third-order valence-corrected chi connectivity index (χ3v) is 6.34. The number of unbranched alkanes of at least 4 members (excludes halogenated alkanes) is 2. The lowest BCUT2D eigenvalue weighted by atomic mass is 10.1. The molecule has 0 bridgehead atoms. The van der Waals surface area contributed by atoms with Gasteiger partial charge in [0.1, 0.15) is 0 Å². The number of carbonyl (C=O) groups is 1. The second kappa shape index (κ2) is 8.62. The van der Waals surface area contributed by atoms with Crippen molar-refractivity contribution in [2.75, 3.05) is 18.4 Å². The minimum atomic E-state index is -3.48. The number of anilines is 1. The van der Waals surface area contributed by atoms with Crippen LogP contribution < -0.4 is 5.32 Å².